The Labute approximate surface area is 77.5 Å². The summed E-state index contributed by atoms with van der Waals surface area (Å²) in [5.41, 5.74) is 0.984. The van der Waals surface area contributed by atoms with Gasteiger partial charge in [0.15, 0.2) is 0 Å². The van der Waals surface area contributed by atoms with Gasteiger partial charge >= 0.3 is 0 Å². The fourth-order valence-electron chi connectivity index (χ4n) is 0.988. The second-order valence-corrected chi connectivity index (χ2v) is 2.72. The summed E-state index contributed by atoms with van der Waals surface area (Å²) in [4.78, 5) is 14.9. The predicted octanol–water partition coefficient (Wildman–Crippen LogP) is 1.44. The van der Waals surface area contributed by atoms with E-state index < -0.39 is 0 Å². The number of amides is 1. The summed E-state index contributed by atoms with van der Waals surface area (Å²) in [6, 6.07) is 3.73. The average molecular weight is 176 g/mol. The van der Waals surface area contributed by atoms with Crippen molar-refractivity contribution in [2.24, 2.45) is 0 Å². The van der Waals surface area contributed by atoms with Crippen LogP contribution in [0, 0.1) is 0 Å². The first kappa shape index (κ1) is 9.45. The Balaban J connectivity index is 2.63. The standard InChI is InChI=1S/C10H12N2O/c1-3-10(13)12-8(2)9-5-4-6-11-7-9/h3-8H,1H2,2H3,(H,12,13)/t8-/m1/s1. The molecule has 0 spiro atoms. The van der Waals surface area contributed by atoms with Crippen LogP contribution in [0.1, 0.15) is 18.5 Å². The van der Waals surface area contributed by atoms with Crippen LogP contribution in [-0.2, 0) is 4.79 Å². The molecular formula is C10H12N2O. The van der Waals surface area contributed by atoms with Gasteiger partial charge < -0.3 is 5.32 Å². The number of nitrogens with one attached hydrogen (secondary N) is 1. The van der Waals surface area contributed by atoms with Gasteiger partial charge in [-0.25, -0.2) is 0 Å². The highest BCUT2D eigenvalue weighted by Gasteiger charge is 2.05. The van der Waals surface area contributed by atoms with E-state index >= 15 is 0 Å². The summed E-state index contributed by atoms with van der Waals surface area (Å²) in [5, 5.41) is 2.75. The lowest BCUT2D eigenvalue weighted by Gasteiger charge is -2.11. The molecule has 1 atom stereocenters. The molecule has 1 rings (SSSR count). The molecule has 68 valence electrons. The first-order valence-electron chi connectivity index (χ1n) is 4.07. The molecule has 0 radical (unpaired) electrons. The number of carbonyl (C=O) groups excluding carboxylic acids is 1. The van der Waals surface area contributed by atoms with E-state index in [9.17, 15) is 4.79 Å². The van der Waals surface area contributed by atoms with Gasteiger partial charge in [0.05, 0.1) is 6.04 Å². The second-order valence-electron chi connectivity index (χ2n) is 2.72. The van der Waals surface area contributed by atoms with Crippen LogP contribution in [0.5, 0.6) is 0 Å². The van der Waals surface area contributed by atoms with Crippen LogP contribution in [0.15, 0.2) is 37.2 Å². The lowest BCUT2D eigenvalue weighted by Crippen LogP contribution is -2.24. The number of nitrogens with zero attached hydrogens (tertiary/aromatic N) is 1. The summed E-state index contributed by atoms with van der Waals surface area (Å²) in [6.45, 7) is 5.28. The first-order chi connectivity index (χ1) is 6.24. The molecule has 0 fully saturated rings. The molecular weight excluding hydrogens is 164 g/mol. The van der Waals surface area contributed by atoms with Crippen LogP contribution in [0.2, 0.25) is 0 Å². The number of carbonyl (C=O) groups is 1. The van der Waals surface area contributed by atoms with Crippen LogP contribution in [0.3, 0.4) is 0 Å². The molecule has 1 N–H and O–H groups in total. The molecule has 0 saturated carbocycles. The number of hydrogen-bond acceptors (Lipinski definition) is 2. The molecule has 3 heteroatoms. The fraction of sp³-hybridized carbons (Fsp3) is 0.200. The predicted molar refractivity (Wildman–Crippen MR) is 51.0 cm³/mol. The number of hydrogen-bond donors (Lipinski definition) is 1. The Kier molecular flexibility index (Phi) is 3.20. The van der Waals surface area contributed by atoms with Crippen LogP contribution < -0.4 is 5.32 Å². The monoisotopic (exact) mass is 176 g/mol. The van der Waals surface area contributed by atoms with Gasteiger partial charge in [0.2, 0.25) is 5.91 Å². The van der Waals surface area contributed by atoms with Crippen molar-refractivity contribution in [3.05, 3.63) is 42.7 Å². The summed E-state index contributed by atoms with van der Waals surface area (Å²) >= 11 is 0. The Morgan fingerprint density at radius 1 is 1.77 bits per heavy atom. The summed E-state index contributed by atoms with van der Waals surface area (Å²) in [5.74, 6) is -0.170. The zero-order valence-electron chi connectivity index (χ0n) is 7.53. The number of pyridine rings is 1. The molecule has 3 nitrogen and oxygen atoms in total. The van der Waals surface area contributed by atoms with E-state index in [4.69, 9.17) is 0 Å². The minimum atomic E-state index is -0.170. The lowest BCUT2D eigenvalue weighted by atomic mass is 10.1. The molecule has 1 aromatic rings. The maximum Gasteiger partial charge on any atom is 0.243 e. The molecule has 0 aliphatic carbocycles. The normalized spacial score (nSPS) is 11.8. The van der Waals surface area contributed by atoms with Gasteiger partial charge in [-0.1, -0.05) is 12.6 Å². The number of aromatic nitrogens is 1. The quantitative estimate of drug-likeness (QED) is 0.708. The molecule has 0 aliphatic rings. The number of rotatable bonds is 3. The van der Waals surface area contributed by atoms with Gasteiger partial charge in [-0.05, 0) is 24.6 Å². The highest BCUT2D eigenvalue weighted by atomic mass is 16.1. The third-order valence-electron chi connectivity index (χ3n) is 1.73. The van der Waals surface area contributed by atoms with Crippen LogP contribution >= 0.6 is 0 Å². The van der Waals surface area contributed by atoms with Crippen molar-refractivity contribution in [1.29, 1.82) is 0 Å². The van der Waals surface area contributed by atoms with Gasteiger partial charge in [0.1, 0.15) is 0 Å². The Hall–Kier alpha value is -1.64. The van der Waals surface area contributed by atoms with Crippen molar-refractivity contribution < 1.29 is 4.79 Å². The van der Waals surface area contributed by atoms with E-state index in [0.717, 1.165) is 5.56 Å². The summed E-state index contributed by atoms with van der Waals surface area (Å²) in [6.07, 6.45) is 4.69. The van der Waals surface area contributed by atoms with E-state index in [-0.39, 0.29) is 11.9 Å². The summed E-state index contributed by atoms with van der Waals surface area (Å²) in [7, 11) is 0. The maximum absolute atomic E-state index is 10.9. The molecule has 1 heterocycles. The fourth-order valence-corrected chi connectivity index (χ4v) is 0.988. The average Bonchev–Trinajstić information content (AvgIpc) is 2.19. The molecule has 0 bridgehead atoms. The molecule has 1 amide bonds. The minimum absolute atomic E-state index is 0.0285. The largest absolute Gasteiger partial charge is 0.346 e. The molecule has 0 aliphatic heterocycles. The molecule has 0 saturated heterocycles. The maximum atomic E-state index is 10.9. The molecule has 1 aromatic heterocycles. The SMILES string of the molecule is C=CC(=O)N[C@H](C)c1cccnc1. The van der Waals surface area contributed by atoms with Gasteiger partial charge in [0, 0.05) is 12.4 Å². The third-order valence-corrected chi connectivity index (χ3v) is 1.73. The Bertz CT molecular complexity index is 295. The van der Waals surface area contributed by atoms with Crippen molar-refractivity contribution in [3.63, 3.8) is 0 Å². The van der Waals surface area contributed by atoms with E-state index in [1.807, 2.05) is 19.1 Å². The zero-order valence-corrected chi connectivity index (χ0v) is 7.53. The van der Waals surface area contributed by atoms with Gasteiger partial charge in [-0.2, -0.15) is 0 Å². The van der Waals surface area contributed by atoms with Crippen molar-refractivity contribution in [2.45, 2.75) is 13.0 Å². The van der Waals surface area contributed by atoms with Gasteiger partial charge in [-0.3, -0.25) is 9.78 Å². The van der Waals surface area contributed by atoms with Crippen LogP contribution in [0.4, 0.5) is 0 Å². The van der Waals surface area contributed by atoms with Crippen molar-refractivity contribution in [3.8, 4) is 0 Å². The van der Waals surface area contributed by atoms with E-state index in [1.54, 1.807) is 12.4 Å². The van der Waals surface area contributed by atoms with Crippen molar-refractivity contribution in [1.82, 2.24) is 10.3 Å². The minimum Gasteiger partial charge on any atom is -0.346 e. The Morgan fingerprint density at radius 3 is 3.08 bits per heavy atom. The second kappa shape index (κ2) is 4.40. The van der Waals surface area contributed by atoms with Crippen molar-refractivity contribution >= 4 is 5.91 Å². The first-order valence-corrected chi connectivity index (χ1v) is 4.07. The van der Waals surface area contributed by atoms with Crippen LogP contribution in [0.25, 0.3) is 0 Å². The molecule has 0 unspecified atom stereocenters. The third kappa shape index (κ3) is 2.71. The molecule has 13 heavy (non-hydrogen) atoms. The van der Waals surface area contributed by atoms with E-state index in [0.29, 0.717) is 0 Å². The topological polar surface area (TPSA) is 42.0 Å². The summed E-state index contributed by atoms with van der Waals surface area (Å²) < 4.78 is 0. The van der Waals surface area contributed by atoms with Gasteiger partial charge in [0.25, 0.3) is 0 Å². The lowest BCUT2D eigenvalue weighted by molar-refractivity contribution is -0.117. The highest BCUT2D eigenvalue weighted by Crippen LogP contribution is 2.08. The van der Waals surface area contributed by atoms with Crippen LogP contribution in [-0.4, -0.2) is 10.9 Å². The van der Waals surface area contributed by atoms with E-state index in [2.05, 4.69) is 16.9 Å². The zero-order chi connectivity index (χ0) is 9.68. The van der Waals surface area contributed by atoms with E-state index in [1.165, 1.54) is 6.08 Å². The Morgan fingerprint density at radius 2 is 2.54 bits per heavy atom. The van der Waals surface area contributed by atoms with Gasteiger partial charge in [-0.15, -0.1) is 0 Å². The smallest absolute Gasteiger partial charge is 0.243 e. The van der Waals surface area contributed by atoms with Crippen molar-refractivity contribution in [2.75, 3.05) is 0 Å². The molecule has 0 aromatic carbocycles. The highest BCUT2D eigenvalue weighted by molar-refractivity contribution is 5.87.